The molecule has 6 heteroatoms. The molecule has 1 aromatic carbocycles. The van der Waals surface area contributed by atoms with Gasteiger partial charge in [0.2, 0.25) is 0 Å². The number of aryl methyl sites for hydroxylation is 1. The summed E-state index contributed by atoms with van der Waals surface area (Å²) in [5.74, 6) is 2.00. The summed E-state index contributed by atoms with van der Waals surface area (Å²) in [7, 11) is 0. The van der Waals surface area contributed by atoms with E-state index in [0.717, 1.165) is 0 Å². The minimum Gasteiger partial charge on any atom is -0.483 e. The minimum absolute atomic E-state index is 0.299. The highest BCUT2D eigenvalue weighted by Gasteiger charge is 2.22. The average Bonchev–Trinajstić information content (AvgIpc) is 2.67. The molecule has 0 aliphatic rings. The van der Waals surface area contributed by atoms with Gasteiger partial charge >= 0.3 is 0 Å². The summed E-state index contributed by atoms with van der Waals surface area (Å²) in [6.45, 7) is 7.53. The van der Waals surface area contributed by atoms with Crippen LogP contribution in [-0.4, -0.2) is 25.5 Å². The van der Waals surface area contributed by atoms with Crippen LogP contribution in [0.5, 0.6) is 5.75 Å². The lowest BCUT2D eigenvalue weighted by molar-refractivity contribution is 0.0541. The number of aromatic nitrogens is 3. The molecule has 1 atom stereocenters. The minimum atomic E-state index is -0.870. The molecule has 1 aromatic heterocycles. The highest BCUT2D eigenvalue weighted by Crippen LogP contribution is 2.24. The SMILES string of the molecule is Cc1nc([C@@H](C)Oc2cccc(Cl)c2)n(CC(C)(C)O)n1. The van der Waals surface area contributed by atoms with E-state index in [-0.39, 0.29) is 6.10 Å². The van der Waals surface area contributed by atoms with Gasteiger partial charge in [0.1, 0.15) is 11.6 Å². The van der Waals surface area contributed by atoms with E-state index >= 15 is 0 Å². The van der Waals surface area contributed by atoms with Gasteiger partial charge in [-0.3, -0.25) is 0 Å². The van der Waals surface area contributed by atoms with Crippen LogP contribution in [0.15, 0.2) is 24.3 Å². The topological polar surface area (TPSA) is 60.2 Å². The number of benzene rings is 1. The Labute approximate surface area is 129 Å². The molecule has 5 nitrogen and oxygen atoms in total. The van der Waals surface area contributed by atoms with Gasteiger partial charge < -0.3 is 9.84 Å². The third-order valence-electron chi connectivity index (χ3n) is 2.82. The van der Waals surface area contributed by atoms with Gasteiger partial charge in [0.05, 0.1) is 12.1 Å². The van der Waals surface area contributed by atoms with Crippen LogP contribution in [0.25, 0.3) is 0 Å². The normalized spacial score (nSPS) is 13.2. The monoisotopic (exact) mass is 309 g/mol. The summed E-state index contributed by atoms with van der Waals surface area (Å²) >= 11 is 5.95. The van der Waals surface area contributed by atoms with Gasteiger partial charge in [-0.1, -0.05) is 17.7 Å². The van der Waals surface area contributed by atoms with Crippen molar-refractivity contribution in [3.63, 3.8) is 0 Å². The summed E-state index contributed by atoms with van der Waals surface area (Å²) in [5, 5.41) is 14.9. The fourth-order valence-electron chi connectivity index (χ4n) is 2.05. The summed E-state index contributed by atoms with van der Waals surface area (Å²) in [5.41, 5.74) is -0.870. The standard InChI is InChI=1S/C15H20ClN3O2/c1-10(21-13-7-5-6-12(16)8-13)14-17-11(2)18-19(14)9-15(3,4)20/h5-8,10,20H,9H2,1-4H3/t10-/m1/s1. The maximum atomic E-state index is 9.97. The van der Waals surface area contributed by atoms with Crippen molar-refractivity contribution in [3.8, 4) is 5.75 Å². The van der Waals surface area contributed by atoms with Crippen molar-refractivity contribution in [1.29, 1.82) is 0 Å². The molecule has 114 valence electrons. The first kappa shape index (κ1) is 15.8. The molecule has 0 fully saturated rings. The van der Waals surface area contributed by atoms with E-state index in [2.05, 4.69) is 10.1 Å². The van der Waals surface area contributed by atoms with Crippen molar-refractivity contribution in [1.82, 2.24) is 14.8 Å². The fraction of sp³-hybridized carbons (Fsp3) is 0.467. The molecule has 0 amide bonds. The van der Waals surface area contributed by atoms with Gasteiger partial charge in [-0.2, -0.15) is 5.10 Å². The molecule has 0 saturated carbocycles. The predicted molar refractivity (Wildman–Crippen MR) is 81.6 cm³/mol. The smallest absolute Gasteiger partial charge is 0.168 e. The third kappa shape index (κ3) is 4.44. The number of aliphatic hydroxyl groups is 1. The van der Waals surface area contributed by atoms with Crippen molar-refractivity contribution in [2.24, 2.45) is 0 Å². The average molecular weight is 310 g/mol. The Morgan fingerprint density at radius 3 is 2.76 bits per heavy atom. The Bertz CT molecular complexity index is 620. The zero-order valence-corrected chi connectivity index (χ0v) is 13.4. The molecule has 0 bridgehead atoms. The van der Waals surface area contributed by atoms with Gasteiger partial charge in [0.25, 0.3) is 0 Å². The van der Waals surface area contributed by atoms with E-state index in [1.54, 1.807) is 30.7 Å². The van der Waals surface area contributed by atoms with Gasteiger partial charge in [0.15, 0.2) is 11.9 Å². The lowest BCUT2D eigenvalue weighted by Crippen LogP contribution is -2.28. The van der Waals surface area contributed by atoms with Crippen molar-refractivity contribution in [2.75, 3.05) is 0 Å². The Kier molecular flexibility index (Phi) is 4.54. The van der Waals surface area contributed by atoms with Crippen LogP contribution >= 0.6 is 11.6 Å². The van der Waals surface area contributed by atoms with Crippen LogP contribution in [0, 0.1) is 6.92 Å². The summed E-state index contributed by atoms with van der Waals surface area (Å²) in [4.78, 5) is 4.40. The highest BCUT2D eigenvalue weighted by molar-refractivity contribution is 6.30. The van der Waals surface area contributed by atoms with Crippen molar-refractivity contribution in [2.45, 2.75) is 45.9 Å². The maximum Gasteiger partial charge on any atom is 0.168 e. The maximum absolute atomic E-state index is 9.97. The fourth-order valence-corrected chi connectivity index (χ4v) is 2.23. The van der Waals surface area contributed by atoms with E-state index in [0.29, 0.717) is 29.0 Å². The zero-order valence-electron chi connectivity index (χ0n) is 12.7. The number of halogens is 1. The van der Waals surface area contributed by atoms with Crippen LogP contribution in [0.1, 0.15) is 38.5 Å². The number of nitrogens with zero attached hydrogens (tertiary/aromatic N) is 3. The molecular formula is C15H20ClN3O2. The Balaban J connectivity index is 2.21. The third-order valence-corrected chi connectivity index (χ3v) is 3.05. The van der Waals surface area contributed by atoms with Crippen molar-refractivity contribution in [3.05, 3.63) is 40.9 Å². The molecule has 0 spiro atoms. The summed E-state index contributed by atoms with van der Waals surface area (Å²) < 4.78 is 7.55. The first-order valence-electron chi connectivity index (χ1n) is 6.80. The van der Waals surface area contributed by atoms with Gasteiger partial charge in [-0.15, -0.1) is 0 Å². The van der Waals surface area contributed by atoms with E-state index < -0.39 is 5.60 Å². The first-order chi connectivity index (χ1) is 9.74. The molecule has 1 heterocycles. The molecule has 0 aliphatic heterocycles. The van der Waals surface area contributed by atoms with Crippen LogP contribution in [-0.2, 0) is 6.54 Å². The van der Waals surface area contributed by atoms with Gasteiger partial charge in [-0.05, 0) is 45.9 Å². The van der Waals surface area contributed by atoms with Crippen LogP contribution in [0.4, 0.5) is 0 Å². The van der Waals surface area contributed by atoms with Crippen molar-refractivity contribution >= 4 is 11.6 Å². The molecule has 21 heavy (non-hydrogen) atoms. The Morgan fingerprint density at radius 1 is 1.43 bits per heavy atom. The molecule has 0 saturated heterocycles. The lowest BCUT2D eigenvalue weighted by Gasteiger charge is -2.20. The molecule has 2 rings (SSSR count). The molecule has 2 aromatic rings. The van der Waals surface area contributed by atoms with Gasteiger partial charge in [-0.25, -0.2) is 9.67 Å². The second-order valence-electron chi connectivity index (χ2n) is 5.70. The Morgan fingerprint density at radius 2 is 2.14 bits per heavy atom. The Hall–Kier alpha value is -1.59. The van der Waals surface area contributed by atoms with Crippen LogP contribution in [0.3, 0.4) is 0 Å². The van der Waals surface area contributed by atoms with E-state index in [9.17, 15) is 5.11 Å². The zero-order chi connectivity index (χ0) is 15.6. The number of ether oxygens (including phenoxy) is 1. The van der Waals surface area contributed by atoms with E-state index in [1.807, 2.05) is 26.0 Å². The molecule has 0 unspecified atom stereocenters. The summed E-state index contributed by atoms with van der Waals surface area (Å²) in [6.07, 6.45) is -0.299. The lowest BCUT2D eigenvalue weighted by atomic mass is 10.1. The van der Waals surface area contributed by atoms with Crippen LogP contribution < -0.4 is 4.74 Å². The number of hydrogen-bond acceptors (Lipinski definition) is 4. The second-order valence-corrected chi connectivity index (χ2v) is 6.14. The molecule has 0 aliphatic carbocycles. The predicted octanol–water partition coefficient (Wildman–Crippen LogP) is 3.15. The summed E-state index contributed by atoms with van der Waals surface area (Å²) in [6, 6.07) is 7.21. The number of hydrogen-bond donors (Lipinski definition) is 1. The van der Waals surface area contributed by atoms with Crippen molar-refractivity contribution < 1.29 is 9.84 Å². The first-order valence-corrected chi connectivity index (χ1v) is 7.18. The van der Waals surface area contributed by atoms with Crippen LogP contribution in [0.2, 0.25) is 5.02 Å². The highest BCUT2D eigenvalue weighted by atomic mass is 35.5. The molecular weight excluding hydrogens is 290 g/mol. The van der Waals surface area contributed by atoms with E-state index in [4.69, 9.17) is 16.3 Å². The molecule has 0 radical (unpaired) electrons. The van der Waals surface area contributed by atoms with Gasteiger partial charge in [0, 0.05) is 5.02 Å². The quantitative estimate of drug-likeness (QED) is 0.921. The largest absolute Gasteiger partial charge is 0.483 e. The van der Waals surface area contributed by atoms with E-state index in [1.165, 1.54) is 0 Å². The number of rotatable bonds is 5. The molecule has 1 N–H and O–H groups in total. The second kappa shape index (κ2) is 6.03.